The molecule has 0 bridgehead atoms. The monoisotopic (exact) mass is 251 g/mol. The van der Waals surface area contributed by atoms with Crippen LogP contribution in [-0.4, -0.2) is 36.1 Å². The van der Waals surface area contributed by atoms with Gasteiger partial charge in [0.15, 0.2) is 0 Å². The molecule has 0 aromatic heterocycles. The summed E-state index contributed by atoms with van der Waals surface area (Å²) in [4.78, 5) is 2.56. The summed E-state index contributed by atoms with van der Waals surface area (Å²) in [6, 6.07) is 3.12. The molecule has 0 amide bonds. The van der Waals surface area contributed by atoms with Gasteiger partial charge in [0.05, 0.1) is 6.07 Å². The third kappa shape index (κ3) is 3.96. The van der Waals surface area contributed by atoms with Crippen LogP contribution in [0.3, 0.4) is 0 Å². The van der Waals surface area contributed by atoms with Gasteiger partial charge in [0.1, 0.15) is 5.54 Å². The molecule has 104 valence electrons. The summed E-state index contributed by atoms with van der Waals surface area (Å²) in [5.41, 5.74) is -0.276. The van der Waals surface area contributed by atoms with Crippen molar-refractivity contribution in [3.63, 3.8) is 0 Å². The van der Waals surface area contributed by atoms with Gasteiger partial charge in [0, 0.05) is 12.6 Å². The van der Waals surface area contributed by atoms with Crippen molar-refractivity contribution in [1.29, 1.82) is 5.26 Å². The van der Waals surface area contributed by atoms with Crippen LogP contribution in [0.4, 0.5) is 0 Å². The Morgan fingerprint density at radius 2 is 2.17 bits per heavy atom. The third-order valence-corrected chi connectivity index (χ3v) is 3.98. The zero-order valence-corrected chi connectivity index (χ0v) is 12.5. The van der Waals surface area contributed by atoms with Crippen molar-refractivity contribution in [2.75, 3.05) is 19.6 Å². The van der Waals surface area contributed by atoms with Crippen LogP contribution < -0.4 is 5.32 Å². The molecule has 1 rings (SSSR count). The van der Waals surface area contributed by atoms with Gasteiger partial charge in [-0.3, -0.25) is 5.32 Å². The smallest absolute Gasteiger partial charge is 0.108 e. The topological polar surface area (TPSA) is 39.1 Å². The summed E-state index contributed by atoms with van der Waals surface area (Å²) < 4.78 is 0. The SMILES string of the molecule is CCNC1(C#N)CCCC(N(CC)CC(C)C)C1. The highest BCUT2D eigenvalue weighted by molar-refractivity contribution is 5.11. The fourth-order valence-corrected chi connectivity index (χ4v) is 3.20. The standard InChI is InChI=1S/C15H29N3/c1-5-17-15(12-16)9-7-8-14(10-15)18(6-2)11-13(3)4/h13-14,17H,5-11H2,1-4H3. The average molecular weight is 251 g/mol. The van der Waals surface area contributed by atoms with E-state index in [4.69, 9.17) is 0 Å². The molecule has 2 atom stereocenters. The maximum absolute atomic E-state index is 9.50. The fraction of sp³-hybridized carbons (Fsp3) is 0.933. The number of nitriles is 1. The lowest BCUT2D eigenvalue weighted by Crippen LogP contribution is -2.53. The van der Waals surface area contributed by atoms with Gasteiger partial charge in [-0.2, -0.15) is 5.26 Å². The predicted molar refractivity (Wildman–Crippen MR) is 76.4 cm³/mol. The largest absolute Gasteiger partial charge is 0.300 e. The molecule has 0 saturated heterocycles. The highest BCUT2D eigenvalue weighted by atomic mass is 15.2. The quantitative estimate of drug-likeness (QED) is 0.789. The molecule has 1 N–H and O–H groups in total. The second-order valence-electron chi connectivity index (χ2n) is 5.96. The van der Waals surface area contributed by atoms with Crippen LogP contribution in [0.2, 0.25) is 0 Å². The van der Waals surface area contributed by atoms with Gasteiger partial charge >= 0.3 is 0 Å². The molecule has 0 heterocycles. The van der Waals surface area contributed by atoms with Crippen molar-refractivity contribution >= 4 is 0 Å². The Bertz CT molecular complexity index is 278. The Balaban J connectivity index is 2.69. The molecule has 2 unspecified atom stereocenters. The Kier molecular flexibility index (Phi) is 6.11. The molecule has 1 aliphatic carbocycles. The van der Waals surface area contributed by atoms with E-state index in [-0.39, 0.29) is 5.54 Å². The van der Waals surface area contributed by atoms with Crippen molar-refractivity contribution in [2.24, 2.45) is 5.92 Å². The maximum atomic E-state index is 9.50. The number of nitrogens with one attached hydrogen (secondary N) is 1. The normalized spacial score (nSPS) is 28.6. The van der Waals surface area contributed by atoms with Gasteiger partial charge < -0.3 is 4.90 Å². The molecule has 0 aromatic carbocycles. The van der Waals surface area contributed by atoms with E-state index in [1.54, 1.807) is 0 Å². The number of hydrogen-bond acceptors (Lipinski definition) is 3. The van der Waals surface area contributed by atoms with Crippen LogP contribution in [0.5, 0.6) is 0 Å². The van der Waals surface area contributed by atoms with E-state index in [2.05, 4.69) is 44.0 Å². The fourth-order valence-electron chi connectivity index (χ4n) is 3.20. The van der Waals surface area contributed by atoms with E-state index < -0.39 is 0 Å². The molecule has 1 aliphatic rings. The molecular weight excluding hydrogens is 222 g/mol. The molecule has 1 saturated carbocycles. The van der Waals surface area contributed by atoms with E-state index in [0.29, 0.717) is 12.0 Å². The van der Waals surface area contributed by atoms with Crippen LogP contribution in [0.15, 0.2) is 0 Å². The van der Waals surface area contributed by atoms with Crippen molar-refractivity contribution in [3.8, 4) is 6.07 Å². The first-order chi connectivity index (χ1) is 8.56. The zero-order chi connectivity index (χ0) is 13.6. The molecule has 0 aromatic rings. The lowest BCUT2D eigenvalue weighted by atomic mass is 9.79. The molecule has 3 heteroatoms. The van der Waals surface area contributed by atoms with Gasteiger partial charge in [0.2, 0.25) is 0 Å². The summed E-state index contributed by atoms with van der Waals surface area (Å²) in [5, 5.41) is 12.9. The van der Waals surface area contributed by atoms with Gasteiger partial charge in [0.25, 0.3) is 0 Å². The summed E-state index contributed by atoms with van der Waals surface area (Å²) >= 11 is 0. The maximum Gasteiger partial charge on any atom is 0.108 e. The van der Waals surface area contributed by atoms with Gasteiger partial charge in [-0.15, -0.1) is 0 Å². The minimum atomic E-state index is -0.276. The van der Waals surface area contributed by atoms with Gasteiger partial charge in [-0.1, -0.05) is 27.7 Å². The molecule has 1 fully saturated rings. The summed E-state index contributed by atoms with van der Waals surface area (Å²) in [6.45, 7) is 12.0. The van der Waals surface area contributed by atoms with Crippen molar-refractivity contribution < 1.29 is 0 Å². The molecular formula is C15H29N3. The lowest BCUT2D eigenvalue weighted by molar-refractivity contribution is 0.114. The molecule has 3 nitrogen and oxygen atoms in total. The number of hydrogen-bond donors (Lipinski definition) is 1. The van der Waals surface area contributed by atoms with E-state index in [0.717, 1.165) is 32.5 Å². The Morgan fingerprint density at radius 1 is 1.44 bits per heavy atom. The summed E-state index contributed by atoms with van der Waals surface area (Å²) in [7, 11) is 0. The van der Waals surface area contributed by atoms with Gasteiger partial charge in [-0.05, 0) is 44.7 Å². The minimum Gasteiger partial charge on any atom is -0.300 e. The van der Waals surface area contributed by atoms with E-state index >= 15 is 0 Å². The van der Waals surface area contributed by atoms with Crippen molar-refractivity contribution in [3.05, 3.63) is 0 Å². The van der Waals surface area contributed by atoms with E-state index in [1.807, 2.05) is 0 Å². The molecule has 0 spiro atoms. The first kappa shape index (κ1) is 15.5. The third-order valence-electron chi connectivity index (χ3n) is 3.98. The van der Waals surface area contributed by atoms with Crippen molar-refractivity contribution in [1.82, 2.24) is 10.2 Å². The van der Waals surface area contributed by atoms with E-state index in [1.165, 1.54) is 12.8 Å². The first-order valence-corrected chi connectivity index (χ1v) is 7.47. The van der Waals surface area contributed by atoms with E-state index in [9.17, 15) is 5.26 Å². The molecule has 0 radical (unpaired) electrons. The van der Waals surface area contributed by atoms with Crippen LogP contribution in [0, 0.1) is 17.2 Å². The molecule has 0 aliphatic heterocycles. The highest BCUT2D eigenvalue weighted by Gasteiger charge is 2.37. The predicted octanol–water partition coefficient (Wildman–Crippen LogP) is 2.78. The Hall–Kier alpha value is -0.590. The second-order valence-corrected chi connectivity index (χ2v) is 5.96. The first-order valence-electron chi connectivity index (χ1n) is 7.47. The Morgan fingerprint density at radius 3 is 2.67 bits per heavy atom. The van der Waals surface area contributed by atoms with Crippen LogP contribution >= 0.6 is 0 Å². The average Bonchev–Trinajstić information content (AvgIpc) is 2.36. The Labute approximate surface area is 113 Å². The van der Waals surface area contributed by atoms with Crippen LogP contribution in [0.1, 0.15) is 53.4 Å². The second kappa shape index (κ2) is 7.11. The minimum absolute atomic E-state index is 0.276. The van der Waals surface area contributed by atoms with Crippen molar-refractivity contribution in [2.45, 2.75) is 65.0 Å². The van der Waals surface area contributed by atoms with Crippen LogP contribution in [0.25, 0.3) is 0 Å². The summed E-state index contributed by atoms with van der Waals surface area (Å²) in [5.74, 6) is 0.697. The number of nitrogens with zero attached hydrogens (tertiary/aromatic N) is 2. The number of rotatable bonds is 6. The molecule has 18 heavy (non-hydrogen) atoms. The highest BCUT2D eigenvalue weighted by Crippen LogP contribution is 2.31. The lowest BCUT2D eigenvalue weighted by Gasteiger charge is -2.42. The summed E-state index contributed by atoms with van der Waals surface area (Å²) in [6.07, 6.45) is 4.40. The van der Waals surface area contributed by atoms with Gasteiger partial charge in [-0.25, -0.2) is 0 Å². The van der Waals surface area contributed by atoms with Crippen LogP contribution in [-0.2, 0) is 0 Å². The zero-order valence-electron chi connectivity index (χ0n) is 12.5.